The summed E-state index contributed by atoms with van der Waals surface area (Å²) in [6.45, 7) is 8.24. The Morgan fingerprint density at radius 2 is 1.80 bits per heavy atom. The van der Waals surface area contributed by atoms with Gasteiger partial charge in [0, 0.05) is 51.7 Å². The van der Waals surface area contributed by atoms with Crippen LogP contribution in [0.3, 0.4) is 0 Å². The Hall–Kier alpha value is -1.97. The molecular weight excluding hydrogens is 455 g/mol. The van der Waals surface area contributed by atoms with Gasteiger partial charge in [-0.2, -0.15) is 6.07 Å². The van der Waals surface area contributed by atoms with Crippen molar-refractivity contribution in [1.29, 1.82) is 0 Å². The summed E-state index contributed by atoms with van der Waals surface area (Å²) in [4.78, 5) is 3.74. The summed E-state index contributed by atoms with van der Waals surface area (Å²) in [5.74, 6) is 1.97. The smallest absolute Gasteiger partial charge is 0.231 e. The van der Waals surface area contributed by atoms with Crippen molar-refractivity contribution in [3.63, 3.8) is 0 Å². The summed E-state index contributed by atoms with van der Waals surface area (Å²) in [5.41, 5.74) is 0.990. The molecule has 6 heteroatoms. The molecule has 0 spiro atoms. The van der Waals surface area contributed by atoms with Crippen molar-refractivity contribution in [3.8, 4) is 11.5 Å². The third-order valence-electron chi connectivity index (χ3n) is 5.34. The van der Waals surface area contributed by atoms with Gasteiger partial charge in [-0.15, -0.1) is 6.07 Å². The average molecular weight is 477 g/mol. The van der Waals surface area contributed by atoms with E-state index in [0.29, 0.717) is 25.4 Å². The Balaban J connectivity index is 0.00000256. The van der Waals surface area contributed by atoms with Crippen molar-refractivity contribution in [3.05, 3.63) is 95.7 Å². The standard InChI is InChI=1S/C24H22NO4.Y/c1-25-22-14-23(26)24(21(22)16-27-15-20-8-5-13-28-20)17-9-11-19(12-10-17)29-18-6-3-2-4-7-18;/h2-12,21-24,26H,14-16H2;/q-1;/t21?,22-,23-,24?;/m1./s1. The van der Waals surface area contributed by atoms with E-state index in [0.717, 1.165) is 17.1 Å². The van der Waals surface area contributed by atoms with Crippen LogP contribution >= 0.6 is 0 Å². The molecule has 0 saturated heterocycles. The SMILES string of the molecule is [C-]#[N+][C@@H]1C[C@@H](O)C(c2ccc(Oc3ccccc3)cc2)C1COCc1cc[c-]o1.[Y]. The minimum absolute atomic E-state index is 0. The molecular formula is C24H22NO4Y-. The third kappa shape index (κ3) is 5.39. The van der Waals surface area contributed by atoms with Gasteiger partial charge in [-0.3, -0.25) is 0 Å². The molecule has 5 nitrogen and oxygen atoms in total. The van der Waals surface area contributed by atoms with E-state index in [1.165, 1.54) is 0 Å². The quantitative estimate of drug-likeness (QED) is 0.495. The second-order valence-corrected chi connectivity index (χ2v) is 7.21. The monoisotopic (exact) mass is 477 g/mol. The second-order valence-electron chi connectivity index (χ2n) is 7.21. The Morgan fingerprint density at radius 3 is 2.47 bits per heavy atom. The number of aliphatic hydroxyl groups is 1. The van der Waals surface area contributed by atoms with E-state index in [-0.39, 0.29) is 50.6 Å². The first-order valence-corrected chi connectivity index (χ1v) is 9.64. The minimum Gasteiger partial charge on any atom is -0.593 e. The molecule has 1 aliphatic carbocycles. The van der Waals surface area contributed by atoms with E-state index in [9.17, 15) is 5.11 Å². The van der Waals surface area contributed by atoms with Crippen LogP contribution in [-0.2, 0) is 44.1 Å². The largest absolute Gasteiger partial charge is 0.593 e. The molecule has 0 aliphatic heterocycles. The second kappa shape index (κ2) is 10.9. The zero-order chi connectivity index (χ0) is 20.1. The number of rotatable bonds is 7. The number of para-hydroxylation sites is 1. The molecule has 2 unspecified atom stereocenters. The molecule has 4 atom stereocenters. The van der Waals surface area contributed by atoms with E-state index in [1.54, 1.807) is 12.1 Å². The predicted octanol–water partition coefficient (Wildman–Crippen LogP) is 4.84. The molecule has 1 fully saturated rings. The molecule has 1 saturated carbocycles. The van der Waals surface area contributed by atoms with E-state index in [1.807, 2.05) is 54.6 Å². The summed E-state index contributed by atoms with van der Waals surface area (Å²) < 4.78 is 16.8. The maximum atomic E-state index is 10.6. The van der Waals surface area contributed by atoms with Crippen LogP contribution in [-0.4, -0.2) is 23.9 Å². The Kier molecular flexibility index (Phi) is 8.24. The van der Waals surface area contributed by atoms with Crippen LogP contribution in [0, 0.1) is 18.8 Å². The maximum absolute atomic E-state index is 10.6. The van der Waals surface area contributed by atoms with E-state index >= 15 is 0 Å². The van der Waals surface area contributed by atoms with Crippen LogP contribution in [0.2, 0.25) is 0 Å². The minimum atomic E-state index is -0.569. The first-order valence-electron chi connectivity index (χ1n) is 9.64. The van der Waals surface area contributed by atoms with Crippen LogP contribution in [0.4, 0.5) is 0 Å². The van der Waals surface area contributed by atoms with Crippen LogP contribution in [0.15, 0.2) is 71.1 Å². The van der Waals surface area contributed by atoms with E-state index in [4.69, 9.17) is 20.5 Å². The van der Waals surface area contributed by atoms with Gasteiger partial charge in [-0.1, -0.05) is 30.3 Å². The number of ether oxygens (including phenoxy) is 2. The summed E-state index contributed by atoms with van der Waals surface area (Å²) in [7, 11) is 0. The van der Waals surface area contributed by atoms with Gasteiger partial charge >= 0.3 is 0 Å². The van der Waals surface area contributed by atoms with Gasteiger partial charge in [-0.05, 0) is 41.9 Å². The average Bonchev–Trinajstić information content (AvgIpc) is 3.37. The molecule has 4 rings (SSSR count). The van der Waals surface area contributed by atoms with Gasteiger partial charge in [0.05, 0.1) is 18.6 Å². The normalized spacial score (nSPS) is 22.8. The van der Waals surface area contributed by atoms with Crippen molar-refractivity contribution in [2.75, 3.05) is 6.61 Å². The Labute approximate surface area is 201 Å². The fourth-order valence-electron chi connectivity index (χ4n) is 3.95. The number of aliphatic hydroxyl groups excluding tert-OH is 1. The van der Waals surface area contributed by atoms with Crippen LogP contribution in [0.5, 0.6) is 11.5 Å². The zero-order valence-electron chi connectivity index (χ0n) is 16.5. The fourth-order valence-corrected chi connectivity index (χ4v) is 3.95. The van der Waals surface area contributed by atoms with Gasteiger partial charge in [-0.25, -0.2) is 6.57 Å². The van der Waals surface area contributed by atoms with Crippen LogP contribution < -0.4 is 4.74 Å². The zero-order valence-corrected chi connectivity index (χ0v) is 19.3. The molecule has 30 heavy (non-hydrogen) atoms. The number of hydrogen-bond acceptors (Lipinski definition) is 4. The van der Waals surface area contributed by atoms with Gasteiger partial charge in [0.2, 0.25) is 6.04 Å². The molecule has 1 N–H and O–H groups in total. The summed E-state index contributed by atoms with van der Waals surface area (Å²) in [6.07, 6.45) is 2.53. The molecule has 0 bridgehead atoms. The van der Waals surface area contributed by atoms with Crippen molar-refractivity contribution >= 4 is 0 Å². The van der Waals surface area contributed by atoms with E-state index < -0.39 is 6.10 Å². The van der Waals surface area contributed by atoms with Crippen molar-refractivity contribution in [1.82, 2.24) is 0 Å². The van der Waals surface area contributed by atoms with Crippen molar-refractivity contribution in [2.24, 2.45) is 5.92 Å². The summed E-state index contributed by atoms with van der Waals surface area (Å²) >= 11 is 0. The Bertz CT molecular complexity index is 938. The molecule has 1 aliphatic rings. The molecule has 2 aromatic carbocycles. The summed E-state index contributed by atoms with van der Waals surface area (Å²) in [5, 5.41) is 10.6. The maximum Gasteiger partial charge on any atom is 0.231 e. The van der Waals surface area contributed by atoms with Gasteiger partial charge < -0.3 is 23.8 Å². The third-order valence-corrected chi connectivity index (χ3v) is 5.34. The number of benzene rings is 2. The van der Waals surface area contributed by atoms with Crippen molar-refractivity contribution < 1.29 is 51.7 Å². The van der Waals surface area contributed by atoms with E-state index in [2.05, 4.69) is 11.1 Å². The van der Waals surface area contributed by atoms with Gasteiger partial charge in [0.1, 0.15) is 11.5 Å². The van der Waals surface area contributed by atoms with Gasteiger partial charge in [0.25, 0.3) is 0 Å². The molecule has 1 heterocycles. The molecule has 0 amide bonds. The molecule has 1 aromatic heterocycles. The molecule has 151 valence electrons. The van der Waals surface area contributed by atoms with Gasteiger partial charge in [0.15, 0.2) is 0 Å². The fraction of sp³-hybridized carbons (Fsp3) is 0.292. The molecule has 3 aromatic rings. The predicted molar refractivity (Wildman–Crippen MR) is 107 cm³/mol. The first-order chi connectivity index (χ1) is 14.2. The first kappa shape index (κ1) is 22.7. The van der Waals surface area contributed by atoms with Crippen molar-refractivity contribution in [2.45, 2.75) is 31.1 Å². The van der Waals surface area contributed by atoms with Crippen LogP contribution in [0.25, 0.3) is 4.85 Å². The number of hydrogen-bond donors (Lipinski definition) is 1. The topological polar surface area (TPSA) is 56.2 Å². The number of furan rings is 1. The summed E-state index contributed by atoms with van der Waals surface area (Å²) in [6, 6.07) is 20.6. The number of nitrogens with zero attached hydrogens (tertiary/aromatic N) is 1. The Morgan fingerprint density at radius 1 is 1.07 bits per heavy atom. The molecule has 1 radical (unpaired) electrons. The van der Waals surface area contributed by atoms with Crippen LogP contribution in [0.1, 0.15) is 23.7 Å².